The minimum atomic E-state index is -4.86. The lowest BCUT2D eigenvalue weighted by molar-refractivity contribution is -0.153. The lowest BCUT2D eigenvalue weighted by atomic mass is 10.2. The van der Waals surface area contributed by atoms with Crippen molar-refractivity contribution in [1.29, 1.82) is 5.26 Å². The Balaban J connectivity index is 1.83. The van der Waals surface area contributed by atoms with Crippen molar-refractivity contribution >= 4 is 21.6 Å². The highest BCUT2D eigenvalue weighted by Gasteiger charge is 2.40. The molecule has 1 aliphatic rings. The number of alkyl halides is 3. The molecule has 3 rings (SSSR count). The Labute approximate surface area is 176 Å². The van der Waals surface area contributed by atoms with E-state index in [1.807, 2.05) is 6.19 Å². The Morgan fingerprint density at radius 2 is 2.00 bits per heavy atom. The maximum Gasteiger partial charge on any atom is 0.450 e. The van der Waals surface area contributed by atoms with Crippen molar-refractivity contribution < 1.29 is 30.8 Å². The molecule has 1 aromatic heterocycles. The summed E-state index contributed by atoms with van der Waals surface area (Å²) >= 11 is 0. The van der Waals surface area contributed by atoms with E-state index < -0.39 is 39.5 Å². The Morgan fingerprint density at radius 3 is 2.61 bits per heavy atom. The summed E-state index contributed by atoms with van der Waals surface area (Å²) in [6.07, 6.45) is -2.44. The van der Waals surface area contributed by atoms with E-state index in [0.717, 1.165) is 6.07 Å². The van der Waals surface area contributed by atoms with Gasteiger partial charge in [-0.1, -0.05) is 6.07 Å². The zero-order valence-electron chi connectivity index (χ0n) is 16.6. The summed E-state index contributed by atoms with van der Waals surface area (Å²) in [5.41, 5.74) is -0.306. The first kappa shape index (κ1) is 22.6. The number of likely N-dealkylation sites (tertiary alicyclic amines) is 1. The molecule has 166 valence electrons. The number of furan rings is 1. The molecule has 8 nitrogen and oxygen atoms in total. The van der Waals surface area contributed by atoms with E-state index in [1.165, 1.54) is 30.0 Å². The van der Waals surface area contributed by atoms with Gasteiger partial charge in [-0.25, -0.2) is 13.1 Å². The quantitative estimate of drug-likeness (QED) is 0.669. The van der Waals surface area contributed by atoms with Crippen LogP contribution >= 0.6 is 0 Å². The van der Waals surface area contributed by atoms with E-state index in [-0.39, 0.29) is 22.9 Å². The van der Waals surface area contributed by atoms with Crippen LogP contribution in [-0.2, 0) is 16.2 Å². The van der Waals surface area contributed by atoms with Crippen molar-refractivity contribution in [2.75, 3.05) is 18.4 Å². The van der Waals surface area contributed by atoms with Gasteiger partial charge in [-0.2, -0.15) is 18.4 Å². The topological polar surface area (TPSA) is 115 Å². The molecule has 0 bridgehead atoms. The van der Waals surface area contributed by atoms with E-state index in [1.54, 1.807) is 6.92 Å². The number of carbonyl (C=O) groups excluding carboxylic acids is 1. The smallest absolute Gasteiger partial charge is 0.450 e. The molecule has 12 heteroatoms. The maximum absolute atomic E-state index is 13.1. The first-order valence-corrected chi connectivity index (χ1v) is 10.7. The fourth-order valence-corrected chi connectivity index (χ4v) is 4.82. The van der Waals surface area contributed by atoms with Crippen molar-refractivity contribution in [2.45, 2.75) is 37.4 Å². The van der Waals surface area contributed by atoms with Crippen molar-refractivity contribution in [3.05, 3.63) is 46.9 Å². The molecule has 1 amide bonds. The third kappa shape index (κ3) is 5.00. The van der Waals surface area contributed by atoms with Gasteiger partial charge >= 0.3 is 6.18 Å². The van der Waals surface area contributed by atoms with Crippen LogP contribution in [0.3, 0.4) is 0 Å². The average molecular weight is 456 g/mol. The predicted molar refractivity (Wildman–Crippen MR) is 103 cm³/mol. The lowest BCUT2D eigenvalue weighted by Gasteiger charge is -2.15. The zero-order chi connectivity index (χ0) is 23.0. The third-order valence-corrected chi connectivity index (χ3v) is 6.41. The summed E-state index contributed by atoms with van der Waals surface area (Å²) in [5, 5.41) is 11.2. The summed E-state index contributed by atoms with van der Waals surface area (Å²) in [6, 6.07) is 4.51. The number of aryl methyl sites for hydroxylation is 2. The Hall–Kier alpha value is -3.04. The SMILES string of the molecule is Cc1cc(C(=O)Nc2ccc(C)c(S(=O)(=O)N[C@@H]3CCN(C#N)C3)c2)c(C(F)(F)F)o1. The van der Waals surface area contributed by atoms with Gasteiger partial charge in [0.05, 0.1) is 10.5 Å². The summed E-state index contributed by atoms with van der Waals surface area (Å²) in [4.78, 5) is 13.7. The lowest BCUT2D eigenvalue weighted by Crippen LogP contribution is -2.36. The molecule has 2 aromatic rings. The first-order valence-electron chi connectivity index (χ1n) is 9.17. The number of sulfonamides is 1. The highest BCUT2D eigenvalue weighted by atomic mass is 32.2. The monoisotopic (exact) mass is 456 g/mol. The number of nitriles is 1. The standard InChI is InChI=1S/C19H19F3N4O4S/c1-11-3-4-13(24-18(27)15-7-12(2)30-17(15)19(20,21)22)8-16(11)31(28,29)25-14-5-6-26(9-14)10-23/h3-4,7-8,14,25H,5-6,9H2,1-2H3,(H,24,27)/t14-/m1/s1. The largest absolute Gasteiger partial charge is 0.456 e. The number of hydrogen-bond donors (Lipinski definition) is 2. The molecule has 1 saturated heterocycles. The number of anilines is 1. The molecule has 0 unspecified atom stereocenters. The number of halogens is 3. The summed E-state index contributed by atoms with van der Waals surface area (Å²) < 4.78 is 72.0. The van der Waals surface area contributed by atoms with Gasteiger partial charge in [0.25, 0.3) is 5.91 Å². The minimum Gasteiger partial charge on any atom is -0.456 e. The summed E-state index contributed by atoms with van der Waals surface area (Å²) in [6.45, 7) is 3.51. The molecule has 0 aliphatic carbocycles. The number of rotatable bonds is 5. The molecule has 1 fully saturated rings. The molecule has 0 radical (unpaired) electrons. The van der Waals surface area contributed by atoms with Crippen LogP contribution in [0, 0.1) is 25.3 Å². The molecule has 0 spiro atoms. The van der Waals surface area contributed by atoms with Crippen molar-refractivity contribution in [3.63, 3.8) is 0 Å². The molecular weight excluding hydrogens is 437 g/mol. The van der Waals surface area contributed by atoms with E-state index in [0.29, 0.717) is 18.5 Å². The number of nitrogens with zero attached hydrogens (tertiary/aromatic N) is 2. The van der Waals surface area contributed by atoms with Crippen molar-refractivity contribution in [1.82, 2.24) is 9.62 Å². The van der Waals surface area contributed by atoms with Gasteiger partial charge in [0.2, 0.25) is 15.8 Å². The Kier molecular flexibility index (Phi) is 6.02. The molecule has 2 N–H and O–H groups in total. The number of carbonyl (C=O) groups is 1. The highest BCUT2D eigenvalue weighted by Crippen LogP contribution is 2.34. The average Bonchev–Trinajstić information content (AvgIpc) is 3.28. The van der Waals surface area contributed by atoms with Crippen LogP contribution < -0.4 is 10.0 Å². The Bertz CT molecular complexity index is 1150. The van der Waals surface area contributed by atoms with E-state index >= 15 is 0 Å². The number of nitrogens with one attached hydrogen (secondary N) is 2. The minimum absolute atomic E-state index is 0.00743. The van der Waals surface area contributed by atoms with Crippen LogP contribution in [0.15, 0.2) is 33.6 Å². The van der Waals surface area contributed by atoms with Crippen molar-refractivity contribution in [2.24, 2.45) is 0 Å². The van der Waals surface area contributed by atoms with Crippen LogP contribution in [0.2, 0.25) is 0 Å². The zero-order valence-corrected chi connectivity index (χ0v) is 17.4. The second kappa shape index (κ2) is 8.24. The summed E-state index contributed by atoms with van der Waals surface area (Å²) in [7, 11) is -3.99. The first-order chi connectivity index (χ1) is 14.4. The van der Waals surface area contributed by atoms with Gasteiger partial charge in [0.1, 0.15) is 5.76 Å². The summed E-state index contributed by atoms with van der Waals surface area (Å²) in [5.74, 6) is -2.59. The van der Waals surface area contributed by atoms with E-state index in [9.17, 15) is 26.4 Å². The van der Waals surface area contributed by atoms with Gasteiger partial charge < -0.3 is 14.6 Å². The molecule has 1 atom stereocenters. The maximum atomic E-state index is 13.1. The molecule has 1 aliphatic heterocycles. The molecule has 31 heavy (non-hydrogen) atoms. The van der Waals surface area contributed by atoms with Crippen LogP contribution in [0.5, 0.6) is 0 Å². The fraction of sp³-hybridized carbons (Fsp3) is 0.368. The second-order valence-corrected chi connectivity index (χ2v) is 8.87. The molecule has 1 aromatic carbocycles. The molecular formula is C19H19F3N4O4S. The van der Waals surface area contributed by atoms with Crippen LogP contribution in [0.4, 0.5) is 18.9 Å². The van der Waals surface area contributed by atoms with Crippen LogP contribution in [0.1, 0.15) is 33.9 Å². The van der Waals surface area contributed by atoms with Gasteiger partial charge in [0, 0.05) is 24.8 Å². The number of amides is 1. The normalized spacial score (nSPS) is 16.9. The predicted octanol–water partition coefficient (Wildman–Crippen LogP) is 3.00. The van der Waals surface area contributed by atoms with Gasteiger partial charge in [-0.15, -0.1) is 0 Å². The van der Waals surface area contributed by atoms with Gasteiger partial charge in [-0.05, 0) is 44.0 Å². The van der Waals surface area contributed by atoms with Gasteiger partial charge in [0.15, 0.2) is 6.19 Å². The van der Waals surface area contributed by atoms with E-state index in [2.05, 4.69) is 14.5 Å². The molecule has 0 saturated carbocycles. The number of benzene rings is 1. The van der Waals surface area contributed by atoms with E-state index in [4.69, 9.17) is 5.26 Å². The third-order valence-electron chi connectivity index (χ3n) is 4.74. The van der Waals surface area contributed by atoms with Crippen LogP contribution in [-0.4, -0.2) is 38.4 Å². The second-order valence-electron chi connectivity index (χ2n) is 7.18. The Morgan fingerprint density at radius 1 is 1.29 bits per heavy atom. The fourth-order valence-electron chi connectivity index (χ4n) is 3.29. The van der Waals surface area contributed by atoms with Crippen LogP contribution in [0.25, 0.3) is 0 Å². The highest BCUT2D eigenvalue weighted by molar-refractivity contribution is 7.89. The number of hydrogen-bond acceptors (Lipinski definition) is 6. The molecule has 2 heterocycles. The van der Waals surface area contributed by atoms with Gasteiger partial charge in [-0.3, -0.25) is 4.79 Å². The van der Waals surface area contributed by atoms with Crippen molar-refractivity contribution in [3.8, 4) is 6.19 Å².